The summed E-state index contributed by atoms with van der Waals surface area (Å²) in [5.41, 5.74) is 0. The lowest BCUT2D eigenvalue weighted by Crippen LogP contribution is -2.37. The average Bonchev–Trinajstić information content (AvgIpc) is 3.29. The molecule has 0 heterocycles. The van der Waals surface area contributed by atoms with Gasteiger partial charge in [0, 0.05) is 13.0 Å². The molecule has 0 rings (SSSR count). The van der Waals surface area contributed by atoms with E-state index in [1.54, 1.807) is 0 Å². The lowest BCUT2D eigenvalue weighted by molar-refractivity contribution is -0.870. The minimum atomic E-state index is -4.29. The highest BCUT2D eigenvalue weighted by atomic mass is 31.2. The molecule has 390 valence electrons. The molecule has 0 spiro atoms. The number of hydrogen-bond donors (Lipinski definition) is 1. The molecule has 0 bridgehead atoms. The number of nitrogens with zero attached hydrogens (tertiary/aromatic N) is 1. The number of ether oxygens (including phenoxy) is 2. The summed E-state index contributed by atoms with van der Waals surface area (Å²) in [4.78, 5) is 23.1. The van der Waals surface area contributed by atoms with Crippen molar-refractivity contribution in [2.45, 2.75) is 238 Å². The van der Waals surface area contributed by atoms with Gasteiger partial charge in [-0.15, -0.1) is 0 Å². The Bertz CT molecular complexity index is 1300. The second-order valence-electron chi connectivity index (χ2n) is 19.6. The molecule has 0 saturated heterocycles. The number of carbonyl (C=O) groups excluding carboxylic acids is 1. The van der Waals surface area contributed by atoms with E-state index in [4.69, 9.17) is 18.5 Å². The number of allylic oxidation sites excluding steroid dienone is 12. The third kappa shape index (κ3) is 54.7. The molecule has 2 unspecified atom stereocenters. The minimum Gasteiger partial charge on any atom is -0.457 e. The Morgan fingerprint density at radius 2 is 0.821 bits per heavy atom. The van der Waals surface area contributed by atoms with Crippen LogP contribution in [-0.2, 0) is 27.9 Å². The summed E-state index contributed by atoms with van der Waals surface area (Å²) in [6.45, 7) is 5.57. The van der Waals surface area contributed by atoms with Gasteiger partial charge in [0.05, 0.1) is 34.4 Å². The van der Waals surface area contributed by atoms with Crippen LogP contribution < -0.4 is 0 Å². The molecule has 0 aliphatic carbocycles. The predicted molar refractivity (Wildman–Crippen MR) is 288 cm³/mol. The zero-order valence-electron chi connectivity index (χ0n) is 44.4. The number of hydrogen-bond acceptors (Lipinski definition) is 6. The molecule has 0 amide bonds. The molecular formula is C58H107NO7P+. The minimum absolute atomic E-state index is 0.0826. The number of phosphoric acid groups is 1. The summed E-state index contributed by atoms with van der Waals surface area (Å²) >= 11 is 0. The fraction of sp³-hybridized carbons (Fsp3) is 0.776. The van der Waals surface area contributed by atoms with Crippen molar-refractivity contribution in [2.75, 3.05) is 54.1 Å². The van der Waals surface area contributed by atoms with Gasteiger partial charge in [-0.3, -0.25) is 13.8 Å². The number of carbonyl (C=O) groups is 1. The molecule has 2 atom stereocenters. The van der Waals surface area contributed by atoms with Crippen LogP contribution in [0.4, 0.5) is 0 Å². The summed E-state index contributed by atoms with van der Waals surface area (Å²) in [5, 5.41) is 0. The van der Waals surface area contributed by atoms with Crippen molar-refractivity contribution in [3.05, 3.63) is 72.9 Å². The molecule has 0 aromatic heterocycles. The van der Waals surface area contributed by atoms with Gasteiger partial charge >= 0.3 is 13.8 Å². The van der Waals surface area contributed by atoms with E-state index in [1.807, 2.05) is 21.1 Å². The lowest BCUT2D eigenvalue weighted by Gasteiger charge is -2.24. The Balaban J connectivity index is 4.14. The van der Waals surface area contributed by atoms with Crippen molar-refractivity contribution in [1.82, 2.24) is 0 Å². The van der Waals surface area contributed by atoms with Crippen LogP contribution in [-0.4, -0.2) is 75.6 Å². The maximum absolute atomic E-state index is 12.8. The van der Waals surface area contributed by atoms with Crippen molar-refractivity contribution in [2.24, 2.45) is 0 Å². The smallest absolute Gasteiger partial charge is 0.457 e. The summed E-state index contributed by atoms with van der Waals surface area (Å²) < 4.78 is 35.2. The van der Waals surface area contributed by atoms with E-state index in [1.165, 1.54) is 148 Å². The van der Waals surface area contributed by atoms with Gasteiger partial charge in [-0.05, 0) is 89.9 Å². The van der Waals surface area contributed by atoms with E-state index in [-0.39, 0.29) is 25.8 Å². The molecule has 0 aliphatic heterocycles. The third-order valence-corrected chi connectivity index (χ3v) is 12.7. The molecule has 8 nitrogen and oxygen atoms in total. The maximum Gasteiger partial charge on any atom is 0.472 e. The monoisotopic (exact) mass is 961 g/mol. The lowest BCUT2D eigenvalue weighted by atomic mass is 10.0. The zero-order chi connectivity index (χ0) is 49.0. The molecule has 0 aliphatic rings. The normalized spacial score (nSPS) is 14.1. The van der Waals surface area contributed by atoms with Gasteiger partial charge < -0.3 is 18.9 Å². The second-order valence-corrected chi connectivity index (χ2v) is 21.1. The van der Waals surface area contributed by atoms with Gasteiger partial charge in [0.25, 0.3) is 0 Å². The van der Waals surface area contributed by atoms with E-state index >= 15 is 0 Å². The topological polar surface area (TPSA) is 91.3 Å². The van der Waals surface area contributed by atoms with Gasteiger partial charge in [0.2, 0.25) is 0 Å². The number of unbranched alkanes of at least 4 members (excludes halogenated alkanes) is 25. The fourth-order valence-corrected chi connectivity index (χ4v) is 8.19. The van der Waals surface area contributed by atoms with Crippen molar-refractivity contribution >= 4 is 13.8 Å². The van der Waals surface area contributed by atoms with Gasteiger partial charge in [-0.2, -0.15) is 0 Å². The quantitative estimate of drug-likeness (QED) is 0.0213. The highest BCUT2D eigenvalue weighted by Gasteiger charge is 2.26. The van der Waals surface area contributed by atoms with E-state index in [9.17, 15) is 14.3 Å². The van der Waals surface area contributed by atoms with Gasteiger partial charge in [-0.25, -0.2) is 4.57 Å². The van der Waals surface area contributed by atoms with E-state index in [2.05, 4.69) is 86.8 Å². The Kier molecular flexibility index (Phi) is 48.8. The highest BCUT2D eigenvalue weighted by Crippen LogP contribution is 2.43. The third-order valence-electron chi connectivity index (χ3n) is 11.7. The number of rotatable bonds is 51. The first-order chi connectivity index (χ1) is 32.6. The van der Waals surface area contributed by atoms with E-state index in [0.29, 0.717) is 24.1 Å². The molecule has 9 heteroatoms. The Morgan fingerprint density at radius 1 is 0.463 bits per heavy atom. The van der Waals surface area contributed by atoms with Crippen molar-refractivity contribution < 1.29 is 37.3 Å². The predicted octanol–water partition coefficient (Wildman–Crippen LogP) is 17.4. The Hall–Kier alpha value is -2.06. The van der Waals surface area contributed by atoms with Crippen LogP contribution in [0.25, 0.3) is 0 Å². The summed E-state index contributed by atoms with van der Waals surface area (Å²) in [7, 11) is 1.65. The average molecular weight is 961 g/mol. The van der Waals surface area contributed by atoms with Crippen LogP contribution in [0.3, 0.4) is 0 Å². The molecule has 1 N–H and O–H groups in total. The maximum atomic E-state index is 12.8. The van der Waals surface area contributed by atoms with Crippen molar-refractivity contribution in [3.8, 4) is 0 Å². The Labute approximate surface area is 414 Å². The molecule has 0 saturated carbocycles. The van der Waals surface area contributed by atoms with Crippen LogP contribution in [0.1, 0.15) is 232 Å². The van der Waals surface area contributed by atoms with Crippen LogP contribution in [0.2, 0.25) is 0 Å². The summed E-state index contributed by atoms with van der Waals surface area (Å²) in [5.74, 6) is -0.322. The van der Waals surface area contributed by atoms with E-state index < -0.39 is 13.9 Å². The first kappa shape index (κ1) is 64.9. The zero-order valence-corrected chi connectivity index (χ0v) is 45.3. The van der Waals surface area contributed by atoms with Crippen LogP contribution >= 0.6 is 7.82 Å². The Morgan fingerprint density at radius 3 is 1.25 bits per heavy atom. The van der Waals surface area contributed by atoms with Gasteiger partial charge in [0.1, 0.15) is 19.3 Å². The van der Waals surface area contributed by atoms with Crippen LogP contribution in [0, 0.1) is 0 Å². The highest BCUT2D eigenvalue weighted by molar-refractivity contribution is 7.47. The molecule has 0 fully saturated rings. The van der Waals surface area contributed by atoms with Crippen LogP contribution in [0.5, 0.6) is 0 Å². The van der Waals surface area contributed by atoms with Gasteiger partial charge in [0.15, 0.2) is 0 Å². The van der Waals surface area contributed by atoms with Crippen molar-refractivity contribution in [1.29, 1.82) is 0 Å². The first-order valence-electron chi connectivity index (χ1n) is 27.7. The summed E-state index contributed by atoms with van der Waals surface area (Å²) in [6, 6.07) is 0. The number of phosphoric ester groups is 1. The standard InChI is InChI=1S/C58H106NO7P/c1-6-8-10-12-14-16-18-20-22-24-26-28-29-30-31-32-33-35-37-39-41-43-45-47-49-51-58(60)66-57(56-65-67(61,62)64-54-52-59(3,4)5)55-63-53-50-48-46-44-42-40-38-36-34-27-25-23-21-19-17-15-13-11-9-7-2/h15,17-18,20-21,23-24,26-27,29-30,34,57H,6-14,16,19,22,25,28,31-33,35-56H2,1-5H3/p+1/b17-15-,20-18-,23-21-,26-24-,30-29-,34-27-. The first-order valence-corrected chi connectivity index (χ1v) is 29.2. The second kappa shape index (κ2) is 50.3. The number of quaternary nitrogens is 1. The van der Waals surface area contributed by atoms with Gasteiger partial charge in [-0.1, -0.05) is 209 Å². The molecule has 0 aromatic carbocycles. The summed E-state index contributed by atoms with van der Waals surface area (Å²) in [6.07, 6.45) is 66.6. The molecular weight excluding hydrogens is 854 g/mol. The SMILES string of the molecule is CCCCC/C=C\C/C=C\C/C=C\CCCCCCCCCOCC(COP(=O)(O)OCC[N+](C)(C)C)OC(=O)CCCCCCCCCCCC/C=C\C/C=C\C/C=C\CCCCCCC. The largest absolute Gasteiger partial charge is 0.472 e. The van der Waals surface area contributed by atoms with Crippen molar-refractivity contribution in [3.63, 3.8) is 0 Å². The molecule has 0 radical (unpaired) electrons. The number of likely N-dealkylation sites (N-methyl/N-ethyl adjacent to an activating group) is 1. The molecule has 67 heavy (non-hydrogen) atoms. The van der Waals surface area contributed by atoms with E-state index in [0.717, 1.165) is 64.2 Å². The number of esters is 1. The molecule has 0 aromatic rings. The fourth-order valence-electron chi connectivity index (χ4n) is 7.45. The van der Waals surface area contributed by atoms with Crippen LogP contribution in [0.15, 0.2) is 72.9 Å².